The van der Waals surface area contributed by atoms with Crippen LogP contribution in [0.3, 0.4) is 0 Å². The van der Waals surface area contributed by atoms with Gasteiger partial charge in [-0.15, -0.1) is 0 Å². The molecule has 1 amide bonds. The Balaban J connectivity index is 1.77. The summed E-state index contributed by atoms with van der Waals surface area (Å²) in [7, 11) is 4.15. The minimum atomic E-state index is -0.647. The normalized spacial score (nSPS) is 22.9. The van der Waals surface area contributed by atoms with Crippen molar-refractivity contribution in [2.75, 3.05) is 53.4 Å². The van der Waals surface area contributed by atoms with Crippen molar-refractivity contribution in [3.8, 4) is 6.07 Å². The van der Waals surface area contributed by atoms with Crippen molar-refractivity contribution < 1.29 is 4.79 Å². The van der Waals surface area contributed by atoms with Gasteiger partial charge in [0.05, 0.1) is 6.07 Å². The number of carbonyl (C=O) groups is 1. The molecule has 0 aromatic heterocycles. The van der Waals surface area contributed by atoms with E-state index in [9.17, 15) is 4.79 Å². The number of carbonyl (C=O) groups excluding carboxylic acids is 1. The van der Waals surface area contributed by atoms with E-state index in [1.807, 2.05) is 4.90 Å². The first kappa shape index (κ1) is 13.3. The highest BCUT2D eigenvalue weighted by Gasteiger charge is 2.52. The van der Waals surface area contributed by atoms with Crippen molar-refractivity contribution in [3.05, 3.63) is 0 Å². The van der Waals surface area contributed by atoms with E-state index in [-0.39, 0.29) is 5.91 Å². The molecule has 1 saturated heterocycles. The Morgan fingerprint density at radius 3 is 2.33 bits per heavy atom. The van der Waals surface area contributed by atoms with E-state index in [0.717, 1.165) is 52.1 Å². The van der Waals surface area contributed by atoms with Crippen LogP contribution in [0.15, 0.2) is 0 Å². The molecule has 2 fully saturated rings. The third-order valence-electron chi connectivity index (χ3n) is 3.90. The first-order chi connectivity index (χ1) is 8.57. The van der Waals surface area contributed by atoms with Crippen LogP contribution in [0.1, 0.15) is 12.8 Å². The fraction of sp³-hybridized carbons (Fsp3) is 0.846. The number of amides is 1. The molecule has 18 heavy (non-hydrogen) atoms. The first-order valence-corrected chi connectivity index (χ1v) is 6.65. The van der Waals surface area contributed by atoms with E-state index in [4.69, 9.17) is 5.26 Å². The number of likely N-dealkylation sites (N-methyl/N-ethyl adjacent to an activating group) is 1. The van der Waals surface area contributed by atoms with Gasteiger partial charge in [-0.1, -0.05) is 0 Å². The maximum atomic E-state index is 12.2. The summed E-state index contributed by atoms with van der Waals surface area (Å²) in [5.74, 6) is 0.0669. The van der Waals surface area contributed by atoms with Gasteiger partial charge < -0.3 is 9.80 Å². The number of hydrogen-bond acceptors (Lipinski definition) is 4. The van der Waals surface area contributed by atoms with Crippen LogP contribution in [0, 0.1) is 16.7 Å². The van der Waals surface area contributed by atoms with Crippen molar-refractivity contribution in [3.63, 3.8) is 0 Å². The number of hydrogen-bond donors (Lipinski definition) is 0. The summed E-state index contributed by atoms with van der Waals surface area (Å²) in [5.41, 5.74) is -0.647. The molecular formula is C13H22N4O. The third kappa shape index (κ3) is 2.82. The molecule has 1 heterocycles. The lowest BCUT2D eigenvalue weighted by molar-refractivity contribution is -0.136. The van der Waals surface area contributed by atoms with Crippen LogP contribution in [0.4, 0.5) is 0 Å². The fourth-order valence-corrected chi connectivity index (χ4v) is 2.32. The van der Waals surface area contributed by atoms with Gasteiger partial charge in [-0.3, -0.25) is 9.69 Å². The molecule has 0 unspecified atom stereocenters. The van der Waals surface area contributed by atoms with Gasteiger partial charge in [-0.2, -0.15) is 5.26 Å². The van der Waals surface area contributed by atoms with E-state index in [0.29, 0.717) is 0 Å². The smallest absolute Gasteiger partial charge is 0.243 e. The molecule has 1 aliphatic carbocycles. The number of nitrogens with zero attached hydrogens (tertiary/aromatic N) is 4. The predicted molar refractivity (Wildman–Crippen MR) is 68.9 cm³/mol. The van der Waals surface area contributed by atoms with Crippen molar-refractivity contribution in [1.29, 1.82) is 5.26 Å². The number of nitriles is 1. The van der Waals surface area contributed by atoms with Gasteiger partial charge in [0.25, 0.3) is 0 Å². The standard InChI is InChI=1S/C13H22N4O/c1-15(2)5-6-16-7-9-17(10-8-16)12(18)13(11-14)3-4-13/h3-10H2,1-2H3. The molecule has 0 bridgehead atoms. The minimum absolute atomic E-state index is 0.0669. The summed E-state index contributed by atoms with van der Waals surface area (Å²) in [6.45, 7) is 5.52. The van der Waals surface area contributed by atoms with E-state index in [1.165, 1.54) is 0 Å². The second-order valence-corrected chi connectivity index (χ2v) is 5.63. The maximum absolute atomic E-state index is 12.2. The van der Waals surface area contributed by atoms with Crippen molar-refractivity contribution in [2.45, 2.75) is 12.8 Å². The quantitative estimate of drug-likeness (QED) is 0.704. The second-order valence-electron chi connectivity index (χ2n) is 5.63. The summed E-state index contributed by atoms with van der Waals surface area (Å²) in [6.07, 6.45) is 1.51. The molecule has 1 saturated carbocycles. The summed E-state index contributed by atoms with van der Waals surface area (Å²) >= 11 is 0. The average Bonchev–Trinajstić information content (AvgIpc) is 3.17. The van der Waals surface area contributed by atoms with Gasteiger partial charge in [0.2, 0.25) is 5.91 Å². The highest BCUT2D eigenvalue weighted by molar-refractivity contribution is 5.88. The van der Waals surface area contributed by atoms with Gasteiger partial charge in [0, 0.05) is 39.3 Å². The van der Waals surface area contributed by atoms with Gasteiger partial charge in [-0.25, -0.2) is 0 Å². The monoisotopic (exact) mass is 250 g/mol. The zero-order valence-corrected chi connectivity index (χ0v) is 11.4. The highest BCUT2D eigenvalue weighted by atomic mass is 16.2. The Kier molecular flexibility index (Phi) is 3.88. The fourth-order valence-electron chi connectivity index (χ4n) is 2.32. The Labute approximate surface area is 109 Å². The minimum Gasteiger partial charge on any atom is -0.339 e. The highest BCUT2D eigenvalue weighted by Crippen LogP contribution is 2.46. The zero-order valence-electron chi connectivity index (χ0n) is 11.4. The number of piperazine rings is 1. The molecule has 2 rings (SSSR count). The maximum Gasteiger partial charge on any atom is 0.243 e. The summed E-state index contributed by atoms with van der Waals surface area (Å²) in [5, 5.41) is 9.04. The van der Waals surface area contributed by atoms with E-state index < -0.39 is 5.41 Å². The lowest BCUT2D eigenvalue weighted by atomic mass is 10.1. The molecule has 5 heteroatoms. The van der Waals surface area contributed by atoms with Crippen LogP contribution in [0.5, 0.6) is 0 Å². The molecule has 0 aromatic carbocycles. The Bertz CT molecular complexity index is 348. The van der Waals surface area contributed by atoms with E-state index >= 15 is 0 Å². The Morgan fingerprint density at radius 1 is 1.28 bits per heavy atom. The Morgan fingerprint density at radius 2 is 1.89 bits per heavy atom. The first-order valence-electron chi connectivity index (χ1n) is 6.65. The van der Waals surface area contributed by atoms with Crippen LogP contribution in [0.25, 0.3) is 0 Å². The van der Waals surface area contributed by atoms with Gasteiger partial charge in [-0.05, 0) is 26.9 Å². The summed E-state index contributed by atoms with van der Waals surface area (Å²) in [6, 6.07) is 2.19. The van der Waals surface area contributed by atoms with Crippen LogP contribution in [-0.2, 0) is 4.79 Å². The average molecular weight is 250 g/mol. The molecular weight excluding hydrogens is 228 g/mol. The lowest BCUT2D eigenvalue weighted by Crippen LogP contribution is -2.51. The predicted octanol–water partition coefficient (Wildman–Crippen LogP) is -0.00402. The molecule has 2 aliphatic rings. The Hall–Kier alpha value is -1.12. The largest absolute Gasteiger partial charge is 0.339 e. The second kappa shape index (κ2) is 5.25. The molecule has 0 aromatic rings. The molecule has 0 N–H and O–H groups in total. The van der Waals surface area contributed by atoms with Gasteiger partial charge >= 0.3 is 0 Å². The van der Waals surface area contributed by atoms with Crippen LogP contribution >= 0.6 is 0 Å². The molecule has 5 nitrogen and oxygen atoms in total. The van der Waals surface area contributed by atoms with E-state index in [1.54, 1.807) is 0 Å². The van der Waals surface area contributed by atoms with Crippen LogP contribution in [-0.4, -0.2) is 74.0 Å². The molecule has 0 atom stereocenters. The SMILES string of the molecule is CN(C)CCN1CCN(C(=O)C2(C#N)CC2)CC1. The van der Waals surface area contributed by atoms with Crippen LogP contribution in [0.2, 0.25) is 0 Å². The molecule has 100 valence electrons. The molecule has 0 spiro atoms. The molecule has 1 aliphatic heterocycles. The van der Waals surface area contributed by atoms with Gasteiger partial charge in [0.15, 0.2) is 0 Å². The van der Waals surface area contributed by atoms with Gasteiger partial charge in [0.1, 0.15) is 5.41 Å². The summed E-state index contributed by atoms with van der Waals surface area (Å²) < 4.78 is 0. The zero-order chi connectivity index (χ0) is 13.2. The van der Waals surface area contributed by atoms with Crippen LogP contribution < -0.4 is 0 Å². The van der Waals surface area contributed by atoms with Crippen molar-refractivity contribution in [2.24, 2.45) is 5.41 Å². The van der Waals surface area contributed by atoms with Crippen molar-refractivity contribution >= 4 is 5.91 Å². The number of rotatable bonds is 4. The lowest BCUT2D eigenvalue weighted by Gasteiger charge is -2.36. The molecule has 0 radical (unpaired) electrons. The van der Waals surface area contributed by atoms with E-state index in [2.05, 4.69) is 30.0 Å². The summed E-state index contributed by atoms with van der Waals surface area (Å²) in [4.78, 5) is 18.6. The van der Waals surface area contributed by atoms with Crippen molar-refractivity contribution in [1.82, 2.24) is 14.7 Å². The topological polar surface area (TPSA) is 50.6 Å². The third-order valence-corrected chi connectivity index (χ3v) is 3.90.